The number of amides is 4. The van der Waals surface area contributed by atoms with E-state index < -0.39 is 0 Å². The van der Waals surface area contributed by atoms with Crippen molar-refractivity contribution >= 4 is 66.7 Å². The van der Waals surface area contributed by atoms with Crippen molar-refractivity contribution < 1.29 is 19.2 Å². The first-order valence-electron chi connectivity index (χ1n) is 30.5. The lowest BCUT2D eigenvalue weighted by molar-refractivity contribution is 0.0635. The molecule has 0 saturated carbocycles. The van der Waals surface area contributed by atoms with Gasteiger partial charge < -0.3 is 0 Å². The molecule has 2 aliphatic rings. The Hall–Kier alpha value is -7.44. The average Bonchev–Trinajstić information content (AvgIpc) is 0.762. The second-order valence-corrected chi connectivity index (χ2v) is 24.3. The second kappa shape index (κ2) is 24.6. The predicted octanol–water partition coefficient (Wildman–Crippen LogP) is 19.4. The Morgan fingerprint density at radius 2 is 0.369 bits per heavy atom. The van der Waals surface area contributed by atoms with Gasteiger partial charge in [0.2, 0.25) is 0 Å². The third-order valence-electron chi connectivity index (χ3n) is 21.1. The number of fused-ring (bicyclic) bond motifs is 2. The van der Waals surface area contributed by atoms with E-state index in [0.29, 0.717) is 33.0 Å². The van der Waals surface area contributed by atoms with E-state index in [1.165, 1.54) is 125 Å². The Morgan fingerprint density at radius 1 is 0.226 bits per heavy atom. The molecule has 2 aliphatic heterocycles. The molecular weight excluding hydrogens is 1030 g/mol. The summed E-state index contributed by atoms with van der Waals surface area (Å²) in [5.41, 5.74) is 37.7. The molecule has 6 heteroatoms. The molecule has 0 aromatic heterocycles. The van der Waals surface area contributed by atoms with Gasteiger partial charge in [0.15, 0.2) is 0 Å². The standard InChI is InChI=1S/C26H14N2O4.4C13H20/c1-27-23(29)15-7-3-11-13-5-9-17-22-18(26(32)28(2)25(17)31)10-6-14(20(13)22)12-4-8-16(24(27)30)21(15)19(11)12;4*1-7-13-11(5)9(3)8(2)10(4)12(13)6/h3-10H,1-2H3;4*7H2,1-6H3. The van der Waals surface area contributed by atoms with Crippen LogP contribution in [-0.4, -0.2) is 47.5 Å². The van der Waals surface area contributed by atoms with Gasteiger partial charge in [0.1, 0.15) is 0 Å². The zero-order chi connectivity index (χ0) is 62.7. The molecular formula is C78H94N2O4. The van der Waals surface area contributed by atoms with E-state index in [0.717, 1.165) is 67.8 Å². The third kappa shape index (κ3) is 10.4. The Kier molecular flexibility index (Phi) is 18.8. The molecule has 0 bridgehead atoms. The van der Waals surface area contributed by atoms with E-state index in [1.54, 1.807) is 46.5 Å². The van der Waals surface area contributed by atoms with Crippen LogP contribution in [0.3, 0.4) is 0 Å². The highest BCUT2D eigenvalue weighted by Gasteiger charge is 2.35. The molecule has 0 radical (unpaired) electrons. The van der Waals surface area contributed by atoms with Crippen molar-refractivity contribution in [1.29, 1.82) is 0 Å². The molecule has 6 nitrogen and oxygen atoms in total. The third-order valence-corrected chi connectivity index (χ3v) is 21.1. The summed E-state index contributed by atoms with van der Waals surface area (Å²) in [5, 5.41) is 6.60. The molecule has 2 heterocycles. The van der Waals surface area contributed by atoms with Crippen LogP contribution < -0.4 is 0 Å². The van der Waals surface area contributed by atoms with E-state index >= 15 is 0 Å². The molecule has 0 spiro atoms. The monoisotopic (exact) mass is 1120 g/mol. The Bertz CT molecular complexity index is 3570. The highest BCUT2D eigenvalue weighted by molar-refractivity contribution is 6.41. The van der Waals surface area contributed by atoms with Crippen molar-refractivity contribution in [2.75, 3.05) is 14.1 Å². The molecule has 0 atom stereocenters. The molecule has 440 valence electrons. The molecule has 0 N–H and O–H groups in total. The Morgan fingerprint density at radius 3 is 0.512 bits per heavy atom. The Balaban J connectivity index is 0.000000165. The fourth-order valence-corrected chi connectivity index (χ4v) is 13.9. The lowest BCUT2D eigenvalue weighted by Crippen LogP contribution is -2.37. The van der Waals surface area contributed by atoms with Gasteiger partial charge >= 0.3 is 0 Å². The number of rotatable bonds is 4. The minimum absolute atomic E-state index is 0.318. The number of hydrogen-bond donors (Lipinski definition) is 0. The maximum absolute atomic E-state index is 12.8. The number of hydrogen-bond acceptors (Lipinski definition) is 4. The lowest BCUT2D eigenvalue weighted by atomic mass is 9.82. The summed E-state index contributed by atoms with van der Waals surface area (Å²) >= 11 is 0. The van der Waals surface area contributed by atoms with Gasteiger partial charge in [0, 0.05) is 47.1 Å². The highest BCUT2D eigenvalue weighted by Crippen LogP contribution is 2.46. The fraction of sp³-hybridized carbons (Fsp3) is 0.385. The van der Waals surface area contributed by atoms with Crippen molar-refractivity contribution in [2.45, 2.75) is 192 Å². The van der Waals surface area contributed by atoms with E-state index in [-0.39, 0.29) is 23.6 Å². The number of carbonyl (C=O) groups excluding carboxylic acids is 4. The van der Waals surface area contributed by atoms with Crippen LogP contribution in [0.4, 0.5) is 0 Å². The SMILES string of the molecule is CCc1c(C)c(C)c(C)c(C)c1C.CCc1c(C)c(C)c(C)c(C)c1C.CCc1c(C)c(C)c(C)c(C)c1C.CCc1c(C)c(C)c(C)c(C)c1C.CN1C(=O)c2ccc3c4ccc5c6c(ccc(c7ccc(c2c37)C1=O)c64)C(=O)N(C)C5=O. The molecule has 11 rings (SSSR count). The lowest BCUT2D eigenvalue weighted by Gasteiger charge is -2.27. The first-order valence-corrected chi connectivity index (χ1v) is 30.5. The van der Waals surface area contributed by atoms with Gasteiger partial charge in [-0.1, -0.05) is 52.0 Å². The second-order valence-electron chi connectivity index (χ2n) is 24.3. The van der Waals surface area contributed by atoms with Crippen molar-refractivity contribution in [3.63, 3.8) is 0 Å². The van der Waals surface area contributed by atoms with Gasteiger partial charge in [-0.3, -0.25) is 29.0 Å². The van der Waals surface area contributed by atoms with E-state index in [4.69, 9.17) is 0 Å². The van der Waals surface area contributed by atoms with E-state index in [2.05, 4.69) is 166 Å². The van der Waals surface area contributed by atoms with Crippen LogP contribution in [-0.2, 0) is 25.7 Å². The summed E-state index contributed by atoms with van der Waals surface area (Å²) in [7, 11) is 2.99. The number of imide groups is 2. The van der Waals surface area contributed by atoms with Crippen molar-refractivity contribution in [2.24, 2.45) is 0 Å². The minimum Gasteiger partial charge on any atom is -0.277 e. The van der Waals surface area contributed by atoms with E-state index in [1.807, 2.05) is 24.3 Å². The predicted molar refractivity (Wildman–Crippen MR) is 359 cm³/mol. The van der Waals surface area contributed by atoms with Crippen LogP contribution in [0.2, 0.25) is 0 Å². The summed E-state index contributed by atoms with van der Waals surface area (Å²) in [4.78, 5) is 53.7. The van der Waals surface area contributed by atoms with Crippen LogP contribution in [0, 0.1) is 138 Å². The average molecular weight is 1120 g/mol. The normalized spacial score (nSPS) is 12.6. The minimum atomic E-state index is -0.318. The summed E-state index contributed by atoms with van der Waals surface area (Å²) in [6.45, 7) is 53.7. The van der Waals surface area contributed by atoms with Gasteiger partial charge in [0.25, 0.3) is 23.6 Å². The summed E-state index contributed by atoms with van der Waals surface area (Å²) in [5.74, 6) is -1.27. The molecule has 0 aliphatic carbocycles. The smallest absolute Gasteiger partial charge is 0.261 e. The van der Waals surface area contributed by atoms with Crippen molar-refractivity contribution in [1.82, 2.24) is 9.80 Å². The molecule has 0 fully saturated rings. The molecule has 4 amide bonds. The maximum atomic E-state index is 12.8. The molecule has 84 heavy (non-hydrogen) atoms. The Labute approximate surface area is 503 Å². The quantitative estimate of drug-likeness (QED) is 0.1000. The number of nitrogens with zero attached hydrogens (tertiary/aromatic N) is 2. The maximum Gasteiger partial charge on any atom is 0.261 e. The van der Waals surface area contributed by atoms with Crippen molar-refractivity contribution in [3.05, 3.63) is 204 Å². The number of benzene rings is 9. The zero-order valence-electron chi connectivity index (χ0n) is 56.0. The molecule has 9 aromatic rings. The van der Waals surface area contributed by atoms with Gasteiger partial charge in [-0.25, -0.2) is 0 Å². The van der Waals surface area contributed by atoms with Crippen LogP contribution in [0.1, 0.15) is 203 Å². The van der Waals surface area contributed by atoms with Crippen LogP contribution >= 0.6 is 0 Å². The van der Waals surface area contributed by atoms with Gasteiger partial charge in [-0.05, 0) is 354 Å². The summed E-state index contributed by atoms with van der Waals surface area (Å²) in [6, 6.07) is 14.7. The molecule has 9 aromatic carbocycles. The molecule has 0 saturated heterocycles. The fourth-order valence-electron chi connectivity index (χ4n) is 13.9. The first kappa shape index (κ1) is 64.1. The number of carbonyl (C=O) groups is 4. The zero-order valence-corrected chi connectivity index (χ0v) is 56.0. The van der Waals surface area contributed by atoms with Crippen LogP contribution in [0.15, 0.2) is 48.5 Å². The van der Waals surface area contributed by atoms with Gasteiger partial charge in [-0.2, -0.15) is 0 Å². The van der Waals surface area contributed by atoms with E-state index in [9.17, 15) is 19.2 Å². The van der Waals surface area contributed by atoms with Gasteiger partial charge in [-0.15, -0.1) is 0 Å². The van der Waals surface area contributed by atoms with Crippen LogP contribution in [0.5, 0.6) is 0 Å². The van der Waals surface area contributed by atoms with Crippen molar-refractivity contribution in [3.8, 4) is 0 Å². The topological polar surface area (TPSA) is 74.8 Å². The van der Waals surface area contributed by atoms with Crippen LogP contribution in [0.25, 0.3) is 43.1 Å². The first-order chi connectivity index (χ1) is 39.4. The van der Waals surface area contributed by atoms with Gasteiger partial charge in [0.05, 0.1) is 0 Å². The summed E-state index contributed by atoms with van der Waals surface area (Å²) in [6.07, 6.45) is 4.61. The largest absolute Gasteiger partial charge is 0.277 e. The summed E-state index contributed by atoms with van der Waals surface area (Å²) < 4.78 is 0. The highest BCUT2D eigenvalue weighted by atomic mass is 16.2. The molecule has 0 unspecified atom stereocenters.